The summed E-state index contributed by atoms with van der Waals surface area (Å²) in [6.45, 7) is 2.20. The zero-order valence-corrected chi connectivity index (χ0v) is 18.9. The summed E-state index contributed by atoms with van der Waals surface area (Å²) in [6, 6.07) is 8.88. The van der Waals surface area contributed by atoms with Gasteiger partial charge in [0.1, 0.15) is 23.8 Å². The molecule has 0 saturated heterocycles. The van der Waals surface area contributed by atoms with E-state index in [1.54, 1.807) is 22.3 Å². The first-order chi connectivity index (χ1) is 15.6. The molecular formula is C23H26FN5O2S. The number of halogens is 1. The van der Waals surface area contributed by atoms with E-state index in [4.69, 9.17) is 4.74 Å². The molecule has 7 nitrogen and oxygen atoms in total. The molecule has 0 saturated carbocycles. The van der Waals surface area contributed by atoms with Gasteiger partial charge in [0.05, 0.1) is 0 Å². The van der Waals surface area contributed by atoms with Crippen LogP contribution in [0.3, 0.4) is 0 Å². The van der Waals surface area contributed by atoms with Crippen LogP contribution in [-0.4, -0.2) is 54.5 Å². The maximum atomic E-state index is 14.9. The lowest BCUT2D eigenvalue weighted by atomic mass is 10.1. The molecule has 0 fully saturated rings. The van der Waals surface area contributed by atoms with Crippen molar-refractivity contribution in [2.45, 2.75) is 19.1 Å². The number of carbonyl (C=O) groups excluding carboxylic acids is 1. The van der Waals surface area contributed by atoms with Crippen LogP contribution in [0.1, 0.15) is 33.3 Å². The van der Waals surface area contributed by atoms with Crippen molar-refractivity contribution in [3.8, 4) is 5.75 Å². The Morgan fingerprint density at radius 2 is 2.19 bits per heavy atom. The summed E-state index contributed by atoms with van der Waals surface area (Å²) in [4.78, 5) is 25.9. The Hall–Kier alpha value is -3.04. The SMILES string of the molecule is CNCCC(Oc1ccc(CN2CCN(C)c3ncncc3C2=O)cc1F)c1cccs1. The summed E-state index contributed by atoms with van der Waals surface area (Å²) in [6.07, 6.45) is 3.48. The molecule has 1 aliphatic rings. The average molecular weight is 456 g/mol. The minimum atomic E-state index is -0.434. The number of aromatic nitrogens is 2. The Labute approximate surface area is 190 Å². The fourth-order valence-electron chi connectivity index (χ4n) is 3.70. The van der Waals surface area contributed by atoms with E-state index < -0.39 is 5.82 Å². The van der Waals surface area contributed by atoms with E-state index in [-0.39, 0.29) is 17.8 Å². The van der Waals surface area contributed by atoms with Crippen molar-refractivity contribution in [3.63, 3.8) is 0 Å². The van der Waals surface area contributed by atoms with E-state index in [1.165, 1.54) is 18.6 Å². The first-order valence-corrected chi connectivity index (χ1v) is 11.4. The third-order valence-electron chi connectivity index (χ3n) is 5.43. The minimum Gasteiger partial charge on any atom is -0.482 e. The van der Waals surface area contributed by atoms with Gasteiger partial charge in [-0.25, -0.2) is 14.4 Å². The highest BCUT2D eigenvalue weighted by Crippen LogP contribution is 2.30. The molecule has 2 aromatic heterocycles. The van der Waals surface area contributed by atoms with E-state index in [2.05, 4.69) is 15.3 Å². The van der Waals surface area contributed by atoms with E-state index in [1.807, 2.05) is 42.6 Å². The van der Waals surface area contributed by atoms with Gasteiger partial charge in [-0.15, -0.1) is 11.3 Å². The molecule has 1 aromatic carbocycles. The van der Waals surface area contributed by atoms with Gasteiger partial charge in [0, 0.05) is 44.2 Å². The van der Waals surface area contributed by atoms with Crippen LogP contribution in [0.25, 0.3) is 0 Å². The highest BCUT2D eigenvalue weighted by Gasteiger charge is 2.26. The number of nitrogens with one attached hydrogen (secondary N) is 1. The standard InChI is InChI=1S/C23H26FN5O2S/c1-25-8-7-20(21-4-3-11-32-21)31-19-6-5-16(12-18(19)24)14-29-10-9-28(2)22-17(23(29)30)13-26-15-27-22/h3-6,11-13,15,20,25H,7-10,14H2,1-2H3. The third kappa shape index (κ3) is 4.89. The maximum absolute atomic E-state index is 14.9. The van der Waals surface area contributed by atoms with Gasteiger partial charge in [-0.2, -0.15) is 0 Å². The number of hydrogen-bond acceptors (Lipinski definition) is 7. The summed E-state index contributed by atoms with van der Waals surface area (Å²) in [5.41, 5.74) is 1.16. The lowest BCUT2D eigenvalue weighted by Crippen LogP contribution is -2.33. The smallest absolute Gasteiger partial charge is 0.259 e. The first-order valence-electron chi connectivity index (χ1n) is 10.5. The second kappa shape index (κ2) is 10.1. The zero-order chi connectivity index (χ0) is 22.5. The predicted octanol–water partition coefficient (Wildman–Crippen LogP) is 3.50. The van der Waals surface area contributed by atoms with Gasteiger partial charge in [0.2, 0.25) is 0 Å². The Morgan fingerprint density at radius 1 is 1.31 bits per heavy atom. The monoisotopic (exact) mass is 455 g/mol. The number of anilines is 1. The molecule has 0 aliphatic carbocycles. The molecule has 1 unspecified atom stereocenters. The van der Waals surface area contributed by atoms with Crippen molar-refractivity contribution in [2.75, 3.05) is 38.6 Å². The van der Waals surface area contributed by atoms with Crippen molar-refractivity contribution in [1.82, 2.24) is 20.2 Å². The summed E-state index contributed by atoms with van der Waals surface area (Å²) in [7, 11) is 3.78. The van der Waals surface area contributed by atoms with Crippen molar-refractivity contribution in [3.05, 3.63) is 70.1 Å². The highest BCUT2D eigenvalue weighted by molar-refractivity contribution is 7.10. The number of fused-ring (bicyclic) bond motifs is 1. The molecule has 0 radical (unpaired) electrons. The molecule has 168 valence electrons. The number of thiophene rings is 1. The van der Waals surface area contributed by atoms with E-state index in [0.717, 1.165) is 17.8 Å². The fraction of sp³-hybridized carbons (Fsp3) is 0.348. The molecule has 32 heavy (non-hydrogen) atoms. The van der Waals surface area contributed by atoms with Gasteiger partial charge < -0.3 is 19.9 Å². The minimum absolute atomic E-state index is 0.157. The van der Waals surface area contributed by atoms with Gasteiger partial charge in [-0.1, -0.05) is 12.1 Å². The summed E-state index contributed by atoms with van der Waals surface area (Å²) in [5.74, 6) is 0.236. The van der Waals surface area contributed by atoms with Gasteiger partial charge >= 0.3 is 0 Å². The average Bonchev–Trinajstić information content (AvgIpc) is 3.31. The van der Waals surface area contributed by atoms with Crippen LogP contribution >= 0.6 is 11.3 Å². The van der Waals surface area contributed by atoms with Gasteiger partial charge in [0.15, 0.2) is 11.6 Å². The molecule has 1 amide bonds. The number of likely N-dealkylation sites (N-methyl/N-ethyl adjacent to an activating group) is 1. The van der Waals surface area contributed by atoms with Crippen LogP contribution in [0, 0.1) is 5.82 Å². The number of benzene rings is 1. The third-order valence-corrected chi connectivity index (χ3v) is 6.40. The second-order valence-corrected chi connectivity index (χ2v) is 8.67. The molecule has 1 atom stereocenters. The number of carbonyl (C=O) groups is 1. The number of nitrogens with zero attached hydrogens (tertiary/aromatic N) is 4. The van der Waals surface area contributed by atoms with E-state index in [9.17, 15) is 9.18 Å². The molecule has 0 spiro atoms. The molecule has 4 rings (SSSR count). The normalized spacial score (nSPS) is 14.8. The topological polar surface area (TPSA) is 70.6 Å². The summed E-state index contributed by atoms with van der Waals surface area (Å²) < 4.78 is 21.0. The number of rotatable bonds is 8. The number of ether oxygens (including phenoxy) is 1. The van der Waals surface area contributed by atoms with Crippen LogP contribution in [0.2, 0.25) is 0 Å². The van der Waals surface area contributed by atoms with E-state index in [0.29, 0.717) is 36.6 Å². The molecular weight excluding hydrogens is 429 g/mol. The summed E-state index contributed by atoms with van der Waals surface area (Å²) in [5, 5.41) is 5.11. The Balaban J connectivity index is 1.49. The largest absolute Gasteiger partial charge is 0.482 e. The maximum Gasteiger partial charge on any atom is 0.259 e. The number of amides is 1. The zero-order valence-electron chi connectivity index (χ0n) is 18.1. The molecule has 1 aliphatic heterocycles. The molecule has 9 heteroatoms. The quantitative estimate of drug-likeness (QED) is 0.561. The molecule has 0 bridgehead atoms. The van der Waals surface area contributed by atoms with Crippen LogP contribution in [0.4, 0.5) is 10.2 Å². The molecule has 3 heterocycles. The van der Waals surface area contributed by atoms with Crippen molar-refractivity contribution in [1.29, 1.82) is 0 Å². The second-order valence-electron chi connectivity index (χ2n) is 7.69. The first kappa shape index (κ1) is 22.2. The van der Waals surface area contributed by atoms with Crippen LogP contribution in [0.5, 0.6) is 5.75 Å². The highest BCUT2D eigenvalue weighted by atomic mass is 32.1. The van der Waals surface area contributed by atoms with Crippen molar-refractivity contribution >= 4 is 23.1 Å². The van der Waals surface area contributed by atoms with E-state index >= 15 is 0 Å². The lowest BCUT2D eigenvalue weighted by Gasteiger charge is -2.22. The van der Waals surface area contributed by atoms with Crippen molar-refractivity contribution < 1.29 is 13.9 Å². The summed E-state index contributed by atoms with van der Waals surface area (Å²) >= 11 is 1.60. The Kier molecular flexibility index (Phi) is 6.96. The van der Waals surface area contributed by atoms with Crippen LogP contribution < -0.4 is 15.0 Å². The Bertz CT molecular complexity index is 1060. The fourth-order valence-corrected chi connectivity index (χ4v) is 4.49. The van der Waals surface area contributed by atoms with Gasteiger partial charge in [-0.05, 0) is 42.7 Å². The predicted molar refractivity (Wildman–Crippen MR) is 123 cm³/mol. The number of hydrogen-bond donors (Lipinski definition) is 1. The molecule has 1 N–H and O–H groups in total. The lowest BCUT2D eigenvalue weighted by molar-refractivity contribution is 0.0754. The Morgan fingerprint density at radius 3 is 2.94 bits per heavy atom. The van der Waals surface area contributed by atoms with Crippen LogP contribution in [0.15, 0.2) is 48.2 Å². The van der Waals surface area contributed by atoms with Gasteiger partial charge in [0.25, 0.3) is 5.91 Å². The van der Waals surface area contributed by atoms with Gasteiger partial charge in [-0.3, -0.25) is 4.79 Å². The molecule has 3 aromatic rings. The van der Waals surface area contributed by atoms with Crippen molar-refractivity contribution in [2.24, 2.45) is 0 Å². The van der Waals surface area contributed by atoms with Crippen LogP contribution in [-0.2, 0) is 6.54 Å².